The smallest absolute Gasteiger partial charge is 0.323 e. The predicted molar refractivity (Wildman–Crippen MR) is 77.3 cm³/mol. The van der Waals surface area contributed by atoms with Gasteiger partial charge in [0.25, 0.3) is 0 Å². The number of rotatable bonds is 3. The fraction of sp³-hybridized carbons (Fsp3) is 0.250. The summed E-state index contributed by atoms with van der Waals surface area (Å²) in [5.41, 5.74) is -2.02. The lowest BCUT2D eigenvalue weighted by Crippen LogP contribution is -2.35. The number of hydrogen-bond donors (Lipinski definition) is 1. The topological polar surface area (TPSA) is 42.0 Å². The van der Waals surface area contributed by atoms with Crippen LogP contribution in [0.3, 0.4) is 0 Å². The van der Waals surface area contributed by atoms with E-state index < -0.39 is 28.9 Å². The molecule has 7 heteroatoms. The molecule has 0 fully saturated rings. The Balaban J connectivity index is 2.31. The van der Waals surface area contributed by atoms with Gasteiger partial charge in [0.05, 0.1) is 22.9 Å². The number of nitrogens with one attached hydrogen (secondary N) is 1. The minimum absolute atomic E-state index is 0.0787. The number of carbonyl (C=O) groups excluding carboxylic acids is 1. The lowest BCUT2D eigenvalue weighted by molar-refractivity contribution is -0.137. The third-order valence-electron chi connectivity index (χ3n) is 3.50. The van der Waals surface area contributed by atoms with Crippen LogP contribution in [0.4, 0.5) is 23.2 Å². The van der Waals surface area contributed by atoms with Gasteiger partial charge in [-0.3, -0.25) is 9.78 Å². The van der Waals surface area contributed by atoms with E-state index in [0.29, 0.717) is 0 Å². The van der Waals surface area contributed by atoms with Gasteiger partial charge in [-0.15, -0.1) is 0 Å². The van der Waals surface area contributed by atoms with Crippen molar-refractivity contribution in [1.29, 1.82) is 0 Å². The van der Waals surface area contributed by atoms with Crippen LogP contribution in [0.1, 0.15) is 25.0 Å². The Hall–Kier alpha value is -2.44. The zero-order chi connectivity index (χ0) is 17.3. The third kappa shape index (κ3) is 3.67. The summed E-state index contributed by atoms with van der Waals surface area (Å²) >= 11 is 0. The third-order valence-corrected chi connectivity index (χ3v) is 3.50. The molecule has 0 aliphatic rings. The summed E-state index contributed by atoms with van der Waals surface area (Å²) < 4.78 is 51.9. The molecule has 0 bridgehead atoms. The molecule has 0 saturated carbocycles. The van der Waals surface area contributed by atoms with E-state index in [-0.39, 0.29) is 11.3 Å². The lowest BCUT2D eigenvalue weighted by Gasteiger charge is -2.25. The number of hydrogen-bond acceptors (Lipinski definition) is 2. The summed E-state index contributed by atoms with van der Waals surface area (Å²) in [5, 5.41) is 2.37. The minimum atomic E-state index is -4.50. The first kappa shape index (κ1) is 16.9. The molecular weight excluding hydrogens is 312 g/mol. The minimum Gasteiger partial charge on any atom is -0.323 e. The van der Waals surface area contributed by atoms with Crippen LogP contribution in [-0.2, 0) is 16.4 Å². The summed E-state index contributed by atoms with van der Waals surface area (Å²) in [6.07, 6.45) is -2.26. The number of pyridine rings is 1. The van der Waals surface area contributed by atoms with Gasteiger partial charge in [0.15, 0.2) is 5.82 Å². The zero-order valence-electron chi connectivity index (χ0n) is 12.4. The van der Waals surface area contributed by atoms with Gasteiger partial charge in [-0.25, -0.2) is 4.39 Å². The molecule has 2 rings (SSSR count). The van der Waals surface area contributed by atoms with Crippen LogP contribution in [0.5, 0.6) is 0 Å². The maximum atomic E-state index is 13.5. The van der Waals surface area contributed by atoms with Gasteiger partial charge < -0.3 is 5.32 Å². The maximum Gasteiger partial charge on any atom is 0.416 e. The maximum absolute atomic E-state index is 13.5. The second-order valence-electron chi connectivity index (χ2n) is 5.51. The normalized spacial score (nSPS) is 12.1. The zero-order valence-corrected chi connectivity index (χ0v) is 12.4. The molecule has 3 nitrogen and oxygen atoms in total. The van der Waals surface area contributed by atoms with Crippen molar-refractivity contribution < 1.29 is 22.4 Å². The first-order valence-corrected chi connectivity index (χ1v) is 6.71. The molecule has 1 aromatic carbocycles. The van der Waals surface area contributed by atoms with Crippen molar-refractivity contribution in [3.05, 3.63) is 59.7 Å². The molecule has 0 spiro atoms. The van der Waals surface area contributed by atoms with Crippen LogP contribution in [0, 0.1) is 5.82 Å². The first-order chi connectivity index (χ1) is 10.6. The molecule has 2 aromatic rings. The van der Waals surface area contributed by atoms with Crippen LogP contribution in [0.25, 0.3) is 0 Å². The molecule has 1 heterocycles. The molecule has 122 valence electrons. The van der Waals surface area contributed by atoms with Crippen LogP contribution in [0.2, 0.25) is 0 Å². The number of alkyl halides is 3. The van der Waals surface area contributed by atoms with Gasteiger partial charge in [0.1, 0.15) is 0 Å². The Morgan fingerprint density at radius 1 is 1.13 bits per heavy atom. The van der Waals surface area contributed by atoms with E-state index >= 15 is 0 Å². The highest BCUT2D eigenvalue weighted by Gasteiger charge is 2.35. The van der Waals surface area contributed by atoms with Gasteiger partial charge in [-0.1, -0.05) is 18.2 Å². The van der Waals surface area contributed by atoms with Crippen LogP contribution < -0.4 is 5.32 Å². The Bertz CT molecular complexity index is 726. The summed E-state index contributed by atoms with van der Waals surface area (Å²) in [6.45, 7) is 2.94. The fourth-order valence-electron chi connectivity index (χ4n) is 1.97. The van der Waals surface area contributed by atoms with Crippen molar-refractivity contribution in [2.75, 3.05) is 5.32 Å². The lowest BCUT2D eigenvalue weighted by atomic mass is 9.83. The molecule has 1 amide bonds. The van der Waals surface area contributed by atoms with E-state index in [9.17, 15) is 22.4 Å². The quantitative estimate of drug-likeness (QED) is 0.861. The average molecular weight is 326 g/mol. The number of amides is 1. The van der Waals surface area contributed by atoms with Gasteiger partial charge >= 0.3 is 6.18 Å². The molecule has 0 radical (unpaired) electrons. The molecule has 0 unspecified atom stereocenters. The van der Waals surface area contributed by atoms with E-state index in [0.717, 1.165) is 18.3 Å². The summed E-state index contributed by atoms with van der Waals surface area (Å²) in [7, 11) is 0. The van der Waals surface area contributed by atoms with Gasteiger partial charge in [0, 0.05) is 6.20 Å². The number of anilines is 1. The molecule has 23 heavy (non-hydrogen) atoms. The summed E-state index contributed by atoms with van der Waals surface area (Å²) in [6, 6.07) is 5.79. The standard InChI is InChI=1S/C16H14F4N2O/c1-15(2,10-4-3-5-11(8-10)16(18,19)20)14(23)22-13-6-7-21-9-12(13)17/h3-9H,1-2H3,(H,21,22,23). The molecular formula is C16H14F4N2O. The first-order valence-electron chi connectivity index (χ1n) is 6.71. The highest BCUT2D eigenvalue weighted by molar-refractivity contribution is 5.98. The highest BCUT2D eigenvalue weighted by Crippen LogP contribution is 2.33. The highest BCUT2D eigenvalue weighted by atomic mass is 19.4. The van der Waals surface area contributed by atoms with E-state index in [1.54, 1.807) is 0 Å². The van der Waals surface area contributed by atoms with Crippen molar-refractivity contribution in [3.8, 4) is 0 Å². The Morgan fingerprint density at radius 3 is 2.39 bits per heavy atom. The van der Waals surface area contributed by atoms with Crippen LogP contribution >= 0.6 is 0 Å². The molecule has 0 aliphatic heterocycles. The van der Waals surface area contributed by atoms with Gasteiger partial charge in [-0.05, 0) is 31.5 Å². The van der Waals surface area contributed by atoms with Crippen molar-refractivity contribution in [3.63, 3.8) is 0 Å². The predicted octanol–water partition coefficient (Wildman–Crippen LogP) is 4.16. The largest absolute Gasteiger partial charge is 0.416 e. The second-order valence-corrected chi connectivity index (χ2v) is 5.51. The molecule has 0 saturated heterocycles. The number of aromatic nitrogens is 1. The SMILES string of the molecule is CC(C)(C(=O)Nc1ccncc1F)c1cccc(C(F)(F)F)c1. The van der Waals surface area contributed by atoms with Crippen molar-refractivity contribution in [2.24, 2.45) is 0 Å². The van der Waals surface area contributed by atoms with E-state index in [2.05, 4.69) is 10.3 Å². The average Bonchev–Trinajstić information content (AvgIpc) is 2.48. The Labute approximate surface area is 130 Å². The molecule has 1 N–H and O–H groups in total. The Kier molecular flexibility index (Phi) is 4.40. The second kappa shape index (κ2) is 5.98. The van der Waals surface area contributed by atoms with Crippen LogP contribution in [0.15, 0.2) is 42.7 Å². The van der Waals surface area contributed by atoms with E-state index in [4.69, 9.17) is 0 Å². The number of nitrogens with zero attached hydrogens (tertiary/aromatic N) is 1. The number of halogens is 4. The molecule has 1 aromatic heterocycles. The summed E-state index contributed by atoms with van der Waals surface area (Å²) in [4.78, 5) is 15.9. The Morgan fingerprint density at radius 2 is 1.78 bits per heavy atom. The number of carbonyl (C=O) groups is 1. The number of benzene rings is 1. The van der Waals surface area contributed by atoms with Crippen molar-refractivity contribution >= 4 is 11.6 Å². The van der Waals surface area contributed by atoms with E-state index in [1.807, 2.05) is 0 Å². The summed E-state index contributed by atoms with van der Waals surface area (Å²) in [5.74, 6) is -1.34. The fourth-order valence-corrected chi connectivity index (χ4v) is 1.97. The van der Waals surface area contributed by atoms with Crippen LogP contribution in [-0.4, -0.2) is 10.9 Å². The molecule has 0 aliphatic carbocycles. The van der Waals surface area contributed by atoms with Crippen molar-refractivity contribution in [1.82, 2.24) is 4.98 Å². The van der Waals surface area contributed by atoms with Crippen molar-refractivity contribution in [2.45, 2.75) is 25.4 Å². The van der Waals surface area contributed by atoms with Gasteiger partial charge in [0.2, 0.25) is 5.91 Å². The monoisotopic (exact) mass is 326 g/mol. The van der Waals surface area contributed by atoms with Gasteiger partial charge in [-0.2, -0.15) is 13.2 Å². The van der Waals surface area contributed by atoms with E-state index in [1.165, 1.54) is 38.2 Å². The molecule has 0 atom stereocenters.